The van der Waals surface area contributed by atoms with Crippen molar-refractivity contribution >= 4 is 11.5 Å². The lowest BCUT2D eigenvalue weighted by molar-refractivity contribution is -0.0674. The Morgan fingerprint density at radius 2 is 2.19 bits per heavy atom. The number of aromatic nitrogens is 1. The molecular formula is C21H25FN2O3. The molecule has 27 heavy (non-hydrogen) atoms. The van der Waals surface area contributed by atoms with Crippen molar-refractivity contribution in [3.63, 3.8) is 0 Å². The van der Waals surface area contributed by atoms with Gasteiger partial charge in [-0.05, 0) is 49.9 Å². The molecule has 3 atom stereocenters. The van der Waals surface area contributed by atoms with Crippen LogP contribution in [0.4, 0.5) is 15.9 Å². The van der Waals surface area contributed by atoms with Crippen molar-refractivity contribution in [1.29, 1.82) is 0 Å². The third-order valence-electron chi connectivity index (χ3n) is 5.30. The van der Waals surface area contributed by atoms with Crippen molar-refractivity contribution in [2.45, 2.75) is 57.3 Å². The molecule has 144 valence electrons. The SMILES string of the molecule is CCCCO[C@@H]1CCC[C@@H](N2c3cc(F)ccc3Oc3cccnc32)[C@@H]1O. The van der Waals surface area contributed by atoms with E-state index in [2.05, 4.69) is 11.9 Å². The van der Waals surface area contributed by atoms with Gasteiger partial charge in [0.1, 0.15) is 11.9 Å². The molecule has 1 aromatic heterocycles. The summed E-state index contributed by atoms with van der Waals surface area (Å²) in [4.78, 5) is 6.39. The molecule has 1 aliphatic heterocycles. The van der Waals surface area contributed by atoms with E-state index in [-0.39, 0.29) is 18.0 Å². The first-order valence-corrected chi connectivity index (χ1v) is 9.70. The minimum atomic E-state index is -0.681. The van der Waals surface area contributed by atoms with Gasteiger partial charge in [0, 0.05) is 18.9 Å². The number of ether oxygens (including phenoxy) is 2. The maximum absolute atomic E-state index is 14.0. The highest BCUT2D eigenvalue weighted by Crippen LogP contribution is 2.48. The predicted molar refractivity (Wildman–Crippen MR) is 101 cm³/mol. The fourth-order valence-corrected chi connectivity index (χ4v) is 3.94. The Morgan fingerprint density at radius 1 is 1.30 bits per heavy atom. The topological polar surface area (TPSA) is 54.8 Å². The minimum absolute atomic E-state index is 0.220. The molecule has 6 heteroatoms. The van der Waals surface area contributed by atoms with Gasteiger partial charge in [-0.25, -0.2) is 9.37 Å². The number of anilines is 2. The quantitative estimate of drug-likeness (QED) is 0.780. The van der Waals surface area contributed by atoms with E-state index in [0.717, 1.165) is 32.1 Å². The number of pyridine rings is 1. The van der Waals surface area contributed by atoms with Crippen LogP contribution in [0.3, 0.4) is 0 Å². The lowest BCUT2D eigenvalue weighted by Gasteiger charge is -2.43. The number of halogens is 1. The molecule has 2 aromatic rings. The molecular weight excluding hydrogens is 347 g/mol. The fourth-order valence-electron chi connectivity index (χ4n) is 3.94. The first-order chi connectivity index (χ1) is 13.2. The second-order valence-electron chi connectivity index (χ2n) is 7.16. The van der Waals surface area contributed by atoms with Gasteiger partial charge in [0.25, 0.3) is 0 Å². The Balaban J connectivity index is 1.69. The summed E-state index contributed by atoms with van der Waals surface area (Å²) in [5.41, 5.74) is 0.597. The first kappa shape index (κ1) is 18.2. The zero-order chi connectivity index (χ0) is 18.8. The Kier molecular flexibility index (Phi) is 5.27. The summed E-state index contributed by atoms with van der Waals surface area (Å²) in [5, 5.41) is 11.1. The second kappa shape index (κ2) is 7.82. The molecule has 5 nitrogen and oxygen atoms in total. The third kappa shape index (κ3) is 3.51. The normalized spacial score (nSPS) is 24.1. The monoisotopic (exact) mass is 372 g/mol. The van der Waals surface area contributed by atoms with Crippen molar-refractivity contribution in [3.05, 3.63) is 42.3 Å². The maximum atomic E-state index is 14.0. The number of aliphatic hydroxyl groups excluding tert-OH is 1. The highest BCUT2D eigenvalue weighted by atomic mass is 19.1. The Hall–Kier alpha value is -2.18. The molecule has 0 amide bonds. The standard InChI is InChI=1S/C21H25FN2O3/c1-2-3-12-26-18-7-4-6-15(20(18)25)24-16-13-14(22)9-10-17(16)27-19-8-5-11-23-21(19)24/h5,8-11,13,15,18,20,25H,2-4,6-7,12H2,1H3/t15-,18-,20+/m1/s1. The predicted octanol–water partition coefficient (Wildman–Crippen LogP) is 4.56. The fraction of sp³-hybridized carbons (Fsp3) is 0.476. The van der Waals surface area contributed by atoms with Crippen LogP contribution >= 0.6 is 0 Å². The van der Waals surface area contributed by atoms with E-state index >= 15 is 0 Å². The average Bonchev–Trinajstić information content (AvgIpc) is 2.68. The minimum Gasteiger partial charge on any atom is -0.451 e. The van der Waals surface area contributed by atoms with E-state index in [1.54, 1.807) is 18.3 Å². The smallest absolute Gasteiger partial charge is 0.177 e. The van der Waals surface area contributed by atoms with Crippen molar-refractivity contribution in [1.82, 2.24) is 4.98 Å². The van der Waals surface area contributed by atoms with Gasteiger partial charge in [-0.3, -0.25) is 0 Å². The van der Waals surface area contributed by atoms with Crippen molar-refractivity contribution < 1.29 is 19.0 Å². The van der Waals surface area contributed by atoms with Gasteiger partial charge in [-0.1, -0.05) is 13.3 Å². The molecule has 2 heterocycles. The number of aliphatic hydroxyl groups is 1. The van der Waals surface area contributed by atoms with Crippen LogP contribution in [0, 0.1) is 5.82 Å². The molecule has 2 aliphatic rings. The van der Waals surface area contributed by atoms with Crippen LogP contribution in [0.5, 0.6) is 11.5 Å². The van der Waals surface area contributed by atoms with Crippen molar-refractivity contribution in [2.24, 2.45) is 0 Å². The zero-order valence-electron chi connectivity index (χ0n) is 15.5. The zero-order valence-corrected chi connectivity index (χ0v) is 15.5. The van der Waals surface area contributed by atoms with Crippen LogP contribution in [0.25, 0.3) is 0 Å². The van der Waals surface area contributed by atoms with Gasteiger partial charge >= 0.3 is 0 Å². The van der Waals surface area contributed by atoms with E-state index in [1.165, 1.54) is 12.1 Å². The number of nitrogens with zero attached hydrogens (tertiary/aromatic N) is 2. The number of rotatable bonds is 5. The summed E-state index contributed by atoms with van der Waals surface area (Å²) >= 11 is 0. The van der Waals surface area contributed by atoms with E-state index in [0.29, 0.717) is 29.6 Å². The van der Waals surface area contributed by atoms with Gasteiger partial charge in [-0.2, -0.15) is 0 Å². The van der Waals surface area contributed by atoms with Crippen LogP contribution in [-0.2, 0) is 4.74 Å². The highest BCUT2D eigenvalue weighted by molar-refractivity contribution is 5.76. The molecule has 1 aliphatic carbocycles. The summed E-state index contributed by atoms with van der Waals surface area (Å²) in [6.07, 6.45) is 5.36. The summed E-state index contributed by atoms with van der Waals surface area (Å²) in [6.45, 7) is 2.76. The molecule has 0 spiro atoms. The Bertz CT molecular complexity index is 801. The highest BCUT2D eigenvalue weighted by Gasteiger charge is 2.40. The van der Waals surface area contributed by atoms with Gasteiger partial charge in [-0.15, -0.1) is 0 Å². The van der Waals surface area contributed by atoms with Gasteiger partial charge < -0.3 is 19.5 Å². The van der Waals surface area contributed by atoms with E-state index in [1.807, 2.05) is 11.0 Å². The molecule has 0 saturated heterocycles. The second-order valence-corrected chi connectivity index (χ2v) is 7.16. The van der Waals surface area contributed by atoms with E-state index in [4.69, 9.17) is 9.47 Å². The van der Waals surface area contributed by atoms with E-state index in [9.17, 15) is 9.50 Å². The van der Waals surface area contributed by atoms with Crippen LogP contribution in [0.1, 0.15) is 39.0 Å². The number of hydrogen-bond acceptors (Lipinski definition) is 5. The molecule has 0 radical (unpaired) electrons. The lowest BCUT2D eigenvalue weighted by atomic mass is 9.88. The van der Waals surface area contributed by atoms with Crippen molar-refractivity contribution in [2.75, 3.05) is 11.5 Å². The lowest BCUT2D eigenvalue weighted by Crippen LogP contribution is -2.51. The summed E-state index contributed by atoms with van der Waals surface area (Å²) in [7, 11) is 0. The van der Waals surface area contributed by atoms with Gasteiger partial charge in [0.05, 0.1) is 17.8 Å². The van der Waals surface area contributed by atoms with Gasteiger partial charge in [0.15, 0.2) is 17.3 Å². The average molecular weight is 372 g/mol. The van der Waals surface area contributed by atoms with Crippen molar-refractivity contribution in [3.8, 4) is 11.5 Å². The summed E-state index contributed by atoms with van der Waals surface area (Å²) in [6, 6.07) is 7.85. The molecule has 0 bridgehead atoms. The number of fused-ring (bicyclic) bond motifs is 2. The summed E-state index contributed by atoms with van der Waals surface area (Å²) in [5.74, 6) is 1.44. The summed E-state index contributed by atoms with van der Waals surface area (Å²) < 4.78 is 25.9. The Labute approximate surface area is 158 Å². The molecule has 1 N–H and O–H groups in total. The largest absolute Gasteiger partial charge is 0.451 e. The molecule has 1 saturated carbocycles. The molecule has 1 fully saturated rings. The third-order valence-corrected chi connectivity index (χ3v) is 5.30. The van der Waals surface area contributed by atoms with E-state index < -0.39 is 6.10 Å². The Morgan fingerprint density at radius 3 is 3.04 bits per heavy atom. The van der Waals surface area contributed by atoms with Crippen LogP contribution in [-0.4, -0.2) is 34.9 Å². The number of unbranched alkanes of at least 4 members (excludes halogenated alkanes) is 1. The molecule has 4 rings (SSSR count). The molecule has 0 unspecified atom stereocenters. The van der Waals surface area contributed by atoms with Crippen LogP contribution in [0.2, 0.25) is 0 Å². The first-order valence-electron chi connectivity index (χ1n) is 9.70. The van der Waals surface area contributed by atoms with Crippen LogP contribution < -0.4 is 9.64 Å². The van der Waals surface area contributed by atoms with Crippen LogP contribution in [0.15, 0.2) is 36.5 Å². The number of hydrogen-bond donors (Lipinski definition) is 1. The number of benzene rings is 1. The maximum Gasteiger partial charge on any atom is 0.177 e. The van der Waals surface area contributed by atoms with Gasteiger partial charge in [0.2, 0.25) is 0 Å². The molecule has 1 aromatic carbocycles.